The van der Waals surface area contributed by atoms with E-state index in [0.717, 1.165) is 23.6 Å². The van der Waals surface area contributed by atoms with E-state index in [1.165, 1.54) is 11.6 Å². The van der Waals surface area contributed by atoms with E-state index < -0.39 is 17.7 Å². The number of aryl methyl sites for hydroxylation is 1. The molecule has 0 fully saturated rings. The highest BCUT2D eigenvalue weighted by Gasteiger charge is 2.34. The number of hydrogen-bond donors (Lipinski definition) is 2. The van der Waals surface area contributed by atoms with Crippen LogP contribution in [0.4, 0.5) is 13.2 Å². The predicted octanol–water partition coefficient (Wildman–Crippen LogP) is 6.29. The van der Waals surface area contributed by atoms with Crippen LogP contribution in [0.1, 0.15) is 42.6 Å². The van der Waals surface area contributed by atoms with Crippen LogP contribution in [0.15, 0.2) is 64.7 Å². The number of nitrogens with zero attached hydrogens (tertiary/aromatic N) is 2. The fourth-order valence-corrected chi connectivity index (χ4v) is 4.12. The van der Waals surface area contributed by atoms with Gasteiger partial charge in [-0.3, -0.25) is 4.79 Å². The van der Waals surface area contributed by atoms with E-state index in [9.17, 15) is 18.0 Å². The van der Waals surface area contributed by atoms with Gasteiger partial charge in [-0.05, 0) is 61.6 Å². The Morgan fingerprint density at radius 2 is 1.92 bits per heavy atom. The summed E-state index contributed by atoms with van der Waals surface area (Å²) in [5.41, 5.74) is 2.84. The lowest BCUT2D eigenvalue weighted by molar-refractivity contribution is -0.138. The van der Waals surface area contributed by atoms with Crippen molar-refractivity contribution in [3.05, 3.63) is 77.1 Å². The molecular weight excluding hydrogens is 471 g/mol. The highest BCUT2D eigenvalue weighted by molar-refractivity contribution is 5.74. The standard InChI is InChI=1S/C27H26F3N3O3/c1-17-5-2-3-6-21(17)22-13-12-20(15-23(22)27(28,29)30)26-32-25(33-36-26)19-10-8-18(9-11-19)16-31-14-4-7-24(34)35/h2-3,5-6,8,10,12-13,15,31H,4,7,9,11,14,16H2,1H3,(H,34,35). The van der Waals surface area contributed by atoms with Gasteiger partial charge in [-0.25, -0.2) is 0 Å². The summed E-state index contributed by atoms with van der Waals surface area (Å²) in [7, 11) is 0. The van der Waals surface area contributed by atoms with Crippen LogP contribution in [0.3, 0.4) is 0 Å². The summed E-state index contributed by atoms with van der Waals surface area (Å²) in [5.74, 6) is -0.425. The van der Waals surface area contributed by atoms with Crippen LogP contribution >= 0.6 is 0 Å². The van der Waals surface area contributed by atoms with E-state index in [1.807, 2.05) is 12.2 Å². The first kappa shape index (κ1) is 25.4. The van der Waals surface area contributed by atoms with Gasteiger partial charge in [-0.1, -0.05) is 53.2 Å². The van der Waals surface area contributed by atoms with E-state index in [-0.39, 0.29) is 23.4 Å². The van der Waals surface area contributed by atoms with Gasteiger partial charge >= 0.3 is 12.1 Å². The normalized spacial score (nSPS) is 13.9. The lowest BCUT2D eigenvalue weighted by Gasteiger charge is -2.15. The topological polar surface area (TPSA) is 88.2 Å². The fraction of sp³-hybridized carbons (Fsp3) is 0.296. The molecule has 1 heterocycles. The molecule has 0 spiro atoms. The van der Waals surface area contributed by atoms with Crippen LogP contribution in [0.2, 0.25) is 0 Å². The number of aromatic nitrogens is 2. The van der Waals surface area contributed by atoms with Gasteiger partial charge in [0, 0.05) is 24.1 Å². The molecule has 36 heavy (non-hydrogen) atoms. The summed E-state index contributed by atoms with van der Waals surface area (Å²) in [4.78, 5) is 14.9. The maximum Gasteiger partial charge on any atom is 0.417 e. The molecule has 1 aliphatic carbocycles. The molecule has 0 atom stereocenters. The monoisotopic (exact) mass is 497 g/mol. The zero-order valence-electron chi connectivity index (χ0n) is 19.7. The van der Waals surface area contributed by atoms with E-state index in [1.54, 1.807) is 37.3 Å². The molecule has 4 rings (SSSR count). The van der Waals surface area contributed by atoms with Gasteiger partial charge in [0.1, 0.15) is 0 Å². The molecule has 6 nitrogen and oxygen atoms in total. The zero-order valence-corrected chi connectivity index (χ0v) is 19.7. The molecule has 1 aromatic heterocycles. The van der Waals surface area contributed by atoms with Crippen molar-refractivity contribution in [2.45, 2.75) is 38.8 Å². The van der Waals surface area contributed by atoms with E-state index in [2.05, 4.69) is 15.5 Å². The molecule has 9 heteroatoms. The highest BCUT2D eigenvalue weighted by Crippen LogP contribution is 2.40. The van der Waals surface area contributed by atoms with Crippen LogP contribution in [-0.2, 0) is 11.0 Å². The van der Waals surface area contributed by atoms with Gasteiger partial charge in [0.2, 0.25) is 0 Å². The van der Waals surface area contributed by atoms with Gasteiger partial charge in [0.15, 0.2) is 5.82 Å². The average molecular weight is 498 g/mol. The van der Waals surface area contributed by atoms with Gasteiger partial charge in [0.05, 0.1) is 5.56 Å². The Morgan fingerprint density at radius 1 is 1.11 bits per heavy atom. The Kier molecular flexibility index (Phi) is 7.69. The van der Waals surface area contributed by atoms with Crippen molar-refractivity contribution in [1.82, 2.24) is 15.5 Å². The number of nitrogens with one attached hydrogen (secondary N) is 1. The van der Waals surface area contributed by atoms with E-state index in [4.69, 9.17) is 9.63 Å². The highest BCUT2D eigenvalue weighted by atomic mass is 19.4. The van der Waals surface area contributed by atoms with Crippen LogP contribution in [0.5, 0.6) is 0 Å². The smallest absolute Gasteiger partial charge is 0.417 e. The number of carboxylic acids is 1. The number of aliphatic carboxylic acids is 1. The second-order valence-corrected chi connectivity index (χ2v) is 8.69. The molecule has 0 saturated heterocycles. The molecule has 1 aliphatic rings. The third kappa shape index (κ3) is 6.09. The molecule has 0 unspecified atom stereocenters. The third-order valence-electron chi connectivity index (χ3n) is 6.05. The van der Waals surface area contributed by atoms with Gasteiger partial charge in [-0.15, -0.1) is 0 Å². The van der Waals surface area contributed by atoms with Crippen LogP contribution in [0, 0.1) is 6.92 Å². The first-order valence-electron chi connectivity index (χ1n) is 11.6. The van der Waals surface area contributed by atoms with Crippen LogP contribution in [-0.4, -0.2) is 34.3 Å². The minimum absolute atomic E-state index is 0.0302. The quantitative estimate of drug-likeness (QED) is 0.338. The van der Waals surface area contributed by atoms with Gasteiger partial charge < -0.3 is 14.9 Å². The minimum Gasteiger partial charge on any atom is -0.481 e. The first-order chi connectivity index (χ1) is 17.2. The minimum atomic E-state index is -4.55. The summed E-state index contributed by atoms with van der Waals surface area (Å²) >= 11 is 0. The second-order valence-electron chi connectivity index (χ2n) is 8.69. The maximum absolute atomic E-state index is 13.9. The number of rotatable bonds is 9. The number of halogens is 3. The number of carboxylic acid groups (broad SMARTS) is 1. The number of benzene rings is 2. The molecule has 3 aromatic rings. The Balaban J connectivity index is 1.51. The molecule has 0 amide bonds. The third-order valence-corrected chi connectivity index (χ3v) is 6.05. The number of carbonyl (C=O) groups is 1. The number of allylic oxidation sites excluding steroid dienone is 3. The molecule has 188 valence electrons. The predicted molar refractivity (Wildman–Crippen MR) is 130 cm³/mol. The van der Waals surface area contributed by atoms with Gasteiger partial charge in [-0.2, -0.15) is 18.2 Å². The molecule has 2 N–H and O–H groups in total. The Morgan fingerprint density at radius 3 is 2.61 bits per heavy atom. The summed E-state index contributed by atoms with van der Waals surface area (Å²) in [6.45, 7) is 3.06. The van der Waals surface area contributed by atoms with E-state index in [0.29, 0.717) is 37.3 Å². The van der Waals surface area contributed by atoms with Crippen molar-refractivity contribution < 1.29 is 27.6 Å². The zero-order chi connectivity index (χ0) is 25.7. The average Bonchev–Trinajstić information content (AvgIpc) is 3.34. The molecular formula is C27H26F3N3O3. The Labute approximate surface area is 206 Å². The van der Waals surface area contributed by atoms with Crippen molar-refractivity contribution in [2.24, 2.45) is 0 Å². The summed E-state index contributed by atoms with van der Waals surface area (Å²) < 4.78 is 47.2. The number of hydrogen-bond acceptors (Lipinski definition) is 5. The molecule has 0 aliphatic heterocycles. The van der Waals surface area contributed by atoms with Crippen LogP contribution in [0.25, 0.3) is 28.2 Å². The van der Waals surface area contributed by atoms with Crippen molar-refractivity contribution >= 4 is 11.5 Å². The van der Waals surface area contributed by atoms with Gasteiger partial charge in [0.25, 0.3) is 5.89 Å². The second kappa shape index (κ2) is 10.9. The van der Waals surface area contributed by atoms with Crippen molar-refractivity contribution in [1.29, 1.82) is 0 Å². The SMILES string of the molecule is Cc1ccccc1-c1ccc(-c2nc(C3=CC=C(CNCCCC(=O)O)CC3)no2)cc1C(F)(F)F. The fourth-order valence-electron chi connectivity index (χ4n) is 4.12. The molecule has 0 radical (unpaired) electrons. The summed E-state index contributed by atoms with van der Waals surface area (Å²) in [6, 6.07) is 11.0. The van der Waals surface area contributed by atoms with Crippen molar-refractivity contribution in [2.75, 3.05) is 13.1 Å². The Bertz CT molecular complexity index is 1310. The van der Waals surface area contributed by atoms with Crippen molar-refractivity contribution in [3.8, 4) is 22.6 Å². The lowest BCUT2D eigenvalue weighted by Crippen LogP contribution is -2.19. The lowest BCUT2D eigenvalue weighted by atomic mass is 9.94. The maximum atomic E-state index is 13.9. The summed E-state index contributed by atoms with van der Waals surface area (Å²) in [6.07, 6.45) is 1.43. The molecule has 0 bridgehead atoms. The summed E-state index contributed by atoms with van der Waals surface area (Å²) in [5, 5.41) is 15.9. The largest absolute Gasteiger partial charge is 0.481 e. The molecule has 2 aromatic carbocycles. The van der Waals surface area contributed by atoms with E-state index >= 15 is 0 Å². The van der Waals surface area contributed by atoms with Crippen molar-refractivity contribution in [3.63, 3.8) is 0 Å². The Hall–Kier alpha value is -3.72. The molecule has 0 saturated carbocycles. The first-order valence-corrected chi connectivity index (χ1v) is 11.6. The van der Waals surface area contributed by atoms with Crippen LogP contribution < -0.4 is 5.32 Å². The number of alkyl halides is 3.